The Bertz CT molecular complexity index is 433. The molecule has 0 saturated heterocycles. The van der Waals surface area contributed by atoms with Gasteiger partial charge in [-0.3, -0.25) is 4.79 Å². The number of carbonyl (C=O) groups excluding carboxylic acids is 1. The van der Waals surface area contributed by atoms with Crippen molar-refractivity contribution >= 4 is 17.5 Å². The lowest BCUT2D eigenvalue weighted by atomic mass is 10.1. The quantitative estimate of drug-likeness (QED) is 0.756. The first-order chi connectivity index (χ1) is 8.11. The van der Waals surface area contributed by atoms with E-state index in [1.54, 1.807) is 0 Å². The van der Waals surface area contributed by atoms with Crippen LogP contribution in [0.25, 0.3) is 0 Å². The van der Waals surface area contributed by atoms with Gasteiger partial charge >= 0.3 is 0 Å². The molecule has 4 heteroatoms. The number of carbonyl (C=O) groups is 1. The first kappa shape index (κ1) is 13.5. The van der Waals surface area contributed by atoms with Crippen molar-refractivity contribution < 1.29 is 9.18 Å². The monoisotopic (exact) mass is 253 g/mol. The average Bonchev–Trinajstić information content (AvgIpc) is 2.28. The fourth-order valence-corrected chi connectivity index (χ4v) is 1.74. The number of amides is 1. The second kappa shape index (κ2) is 6.27. The van der Waals surface area contributed by atoms with Gasteiger partial charge in [0.25, 0.3) is 5.91 Å². The van der Waals surface area contributed by atoms with Gasteiger partial charge in [0.1, 0.15) is 5.82 Å². The van der Waals surface area contributed by atoms with Crippen molar-refractivity contribution in [2.75, 3.05) is 13.1 Å². The standard InChI is InChI=1S/C13H13ClFNO/c1-3-8-16(9-4-2)13(17)12-10(14)6-5-7-11(12)15/h1,5-7H,4,8-9H2,2H3. The maximum Gasteiger partial charge on any atom is 0.259 e. The molecule has 1 rings (SSSR count). The summed E-state index contributed by atoms with van der Waals surface area (Å²) in [5.74, 6) is 1.29. The fourth-order valence-electron chi connectivity index (χ4n) is 1.49. The number of nitrogens with zero attached hydrogens (tertiary/aromatic N) is 1. The highest BCUT2D eigenvalue weighted by Gasteiger charge is 2.20. The molecule has 2 nitrogen and oxygen atoms in total. The molecule has 1 aromatic carbocycles. The molecule has 17 heavy (non-hydrogen) atoms. The van der Waals surface area contributed by atoms with Crippen LogP contribution in [0.15, 0.2) is 18.2 Å². The van der Waals surface area contributed by atoms with Gasteiger partial charge in [-0.15, -0.1) is 6.42 Å². The van der Waals surface area contributed by atoms with Crippen molar-refractivity contribution in [2.24, 2.45) is 0 Å². The van der Waals surface area contributed by atoms with E-state index in [0.717, 1.165) is 6.42 Å². The van der Waals surface area contributed by atoms with Crippen LogP contribution >= 0.6 is 11.6 Å². The maximum atomic E-state index is 13.6. The van der Waals surface area contributed by atoms with Gasteiger partial charge in [0.05, 0.1) is 17.1 Å². The van der Waals surface area contributed by atoms with E-state index in [0.29, 0.717) is 6.54 Å². The lowest BCUT2D eigenvalue weighted by Gasteiger charge is -2.20. The van der Waals surface area contributed by atoms with Crippen molar-refractivity contribution in [1.82, 2.24) is 4.90 Å². The van der Waals surface area contributed by atoms with Crippen LogP contribution in [-0.2, 0) is 0 Å². The summed E-state index contributed by atoms with van der Waals surface area (Å²) in [5, 5.41) is 0.105. The molecule has 0 aliphatic rings. The number of benzene rings is 1. The van der Waals surface area contributed by atoms with Gasteiger partial charge in [0.15, 0.2) is 0 Å². The summed E-state index contributed by atoms with van der Waals surface area (Å²) in [6, 6.07) is 4.15. The molecule has 0 aliphatic carbocycles. The predicted octanol–water partition coefficient (Wildman–Crippen LogP) is 2.96. The molecule has 0 aliphatic heterocycles. The fraction of sp³-hybridized carbons (Fsp3) is 0.308. The minimum absolute atomic E-state index is 0.105. The zero-order valence-electron chi connectivity index (χ0n) is 9.54. The maximum absolute atomic E-state index is 13.6. The molecule has 0 bridgehead atoms. The lowest BCUT2D eigenvalue weighted by Crippen LogP contribution is -2.33. The zero-order valence-corrected chi connectivity index (χ0v) is 10.3. The SMILES string of the molecule is C#CCN(CCC)C(=O)c1c(F)cccc1Cl. The van der Waals surface area contributed by atoms with E-state index in [1.165, 1.54) is 23.1 Å². The Morgan fingerprint density at radius 1 is 1.59 bits per heavy atom. The van der Waals surface area contributed by atoms with Gasteiger partial charge in [-0.2, -0.15) is 0 Å². The molecule has 0 aromatic heterocycles. The van der Waals surface area contributed by atoms with Crippen LogP contribution in [0.3, 0.4) is 0 Å². The van der Waals surface area contributed by atoms with Crippen LogP contribution < -0.4 is 0 Å². The number of hydrogen-bond acceptors (Lipinski definition) is 1. The van der Waals surface area contributed by atoms with Crippen LogP contribution in [-0.4, -0.2) is 23.9 Å². The highest BCUT2D eigenvalue weighted by molar-refractivity contribution is 6.33. The number of hydrogen-bond donors (Lipinski definition) is 0. The molecule has 1 amide bonds. The molecular weight excluding hydrogens is 241 g/mol. The summed E-state index contributed by atoms with van der Waals surface area (Å²) in [6.45, 7) is 2.55. The second-order valence-electron chi connectivity index (χ2n) is 3.53. The van der Waals surface area contributed by atoms with Gasteiger partial charge in [-0.1, -0.05) is 30.5 Å². The Morgan fingerprint density at radius 3 is 2.82 bits per heavy atom. The van der Waals surface area contributed by atoms with E-state index < -0.39 is 11.7 Å². The molecule has 0 heterocycles. The molecule has 90 valence electrons. The lowest BCUT2D eigenvalue weighted by molar-refractivity contribution is 0.0772. The largest absolute Gasteiger partial charge is 0.327 e. The molecule has 0 saturated carbocycles. The highest BCUT2D eigenvalue weighted by atomic mass is 35.5. The number of rotatable bonds is 4. The van der Waals surface area contributed by atoms with E-state index in [2.05, 4.69) is 5.92 Å². The van der Waals surface area contributed by atoms with E-state index in [1.807, 2.05) is 6.92 Å². The van der Waals surface area contributed by atoms with Crippen molar-refractivity contribution in [1.29, 1.82) is 0 Å². The Morgan fingerprint density at radius 2 is 2.29 bits per heavy atom. The molecule has 1 aromatic rings. The summed E-state index contributed by atoms with van der Waals surface area (Å²) in [6.07, 6.45) is 5.93. The Balaban J connectivity index is 3.05. The Labute approximate surface area is 105 Å². The number of terminal acetylenes is 1. The molecule has 0 unspecified atom stereocenters. The molecular formula is C13H13ClFNO. The number of halogens is 2. The van der Waals surface area contributed by atoms with Crippen molar-refractivity contribution in [3.05, 3.63) is 34.6 Å². The first-order valence-corrected chi connectivity index (χ1v) is 5.66. The molecule has 0 atom stereocenters. The van der Waals surface area contributed by atoms with E-state index in [-0.39, 0.29) is 17.1 Å². The average molecular weight is 254 g/mol. The summed E-state index contributed by atoms with van der Waals surface area (Å²) in [5.41, 5.74) is -0.113. The Hall–Kier alpha value is -1.53. The highest BCUT2D eigenvalue weighted by Crippen LogP contribution is 2.20. The van der Waals surface area contributed by atoms with Gasteiger partial charge in [-0.25, -0.2) is 4.39 Å². The van der Waals surface area contributed by atoms with Crippen LogP contribution in [0.5, 0.6) is 0 Å². The molecule has 0 spiro atoms. The summed E-state index contributed by atoms with van der Waals surface area (Å²) >= 11 is 5.83. The third kappa shape index (κ3) is 3.21. The van der Waals surface area contributed by atoms with Crippen molar-refractivity contribution in [3.8, 4) is 12.3 Å². The van der Waals surface area contributed by atoms with Crippen LogP contribution in [0.1, 0.15) is 23.7 Å². The van der Waals surface area contributed by atoms with Gasteiger partial charge in [0.2, 0.25) is 0 Å². The minimum atomic E-state index is -0.624. The van der Waals surface area contributed by atoms with Gasteiger partial charge < -0.3 is 4.90 Å². The molecule has 0 fully saturated rings. The van der Waals surface area contributed by atoms with Gasteiger partial charge in [-0.05, 0) is 18.6 Å². The Kier molecular flexibility index (Phi) is 4.99. The first-order valence-electron chi connectivity index (χ1n) is 5.28. The van der Waals surface area contributed by atoms with E-state index >= 15 is 0 Å². The minimum Gasteiger partial charge on any atom is -0.327 e. The van der Waals surface area contributed by atoms with Gasteiger partial charge in [0, 0.05) is 6.54 Å². The van der Waals surface area contributed by atoms with Crippen molar-refractivity contribution in [2.45, 2.75) is 13.3 Å². The predicted molar refractivity (Wildman–Crippen MR) is 66.4 cm³/mol. The third-order valence-electron chi connectivity index (χ3n) is 2.24. The topological polar surface area (TPSA) is 20.3 Å². The van der Waals surface area contributed by atoms with Crippen LogP contribution in [0, 0.1) is 18.2 Å². The summed E-state index contributed by atoms with van der Waals surface area (Å²) in [4.78, 5) is 13.5. The molecule has 0 N–H and O–H groups in total. The summed E-state index contributed by atoms with van der Waals surface area (Å²) in [7, 11) is 0. The second-order valence-corrected chi connectivity index (χ2v) is 3.93. The van der Waals surface area contributed by atoms with E-state index in [9.17, 15) is 9.18 Å². The normalized spacial score (nSPS) is 9.76. The smallest absolute Gasteiger partial charge is 0.259 e. The van der Waals surface area contributed by atoms with E-state index in [4.69, 9.17) is 18.0 Å². The summed E-state index contributed by atoms with van der Waals surface area (Å²) < 4.78 is 13.6. The molecule has 0 radical (unpaired) electrons. The van der Waals surface area contributed by atoms with Crippen LogP contribution in [0.4, 0.5) is 4.39 Å². The van der Waals surface area contributed by atoms with Crippen molar-refractivity contribution in [3.63, 3.8) is 0 Å². The third-order valence-corrected chi connectivity index (χ3v) is 2.55. The van der Waals surface area contributed by atoms with Crippen LogP contribution in [0.2, 0.25) is 5.02 Å². The zero-order chi connectivity index (χ0) is 12.8.